The normalized spacial score (nSPS) is 17.1. The molecule has 8 heteroatoms. The van der Waals surface area contributed by atoms with E-state index in [1.54, 1.807) is 43.3 Å². The third-order valence-electron chi connectivity index (χ3n) is 4.48. The molecule has 0 saturated carbocycles. The lowest BCUT2D eigenvalue weighted by atomic mass is 10.1. The van der Waals surface area contributed by atoms with Gasteiger partial charge in [-0.15, -0.1) is 0 Å². The average molecular weight is 417 g/mol. The number of rotatable bonds is 4. The molecule has 0 radical (unpaired) electrons. The van der Waals surface area contributed by atoms with Crippen LogP contribution in [0.2, 0.25) is 5.02 Å². The Labute approximate surface area is 171 Å². The number of allylic oxidation sites excluding steroid dienone is 1. The first-order valence-corrected chi connectivity index (χ1v) is 9.20. The van der Waals surface area contributed by atoms with Gasteiger partial charge in [-0.3, -0.25) is 4.79 Å². The van der Waals surface area contributed by atoms with Gasteiger partial charge in [0.15, 0.2) is 18.7 Å². The van der Waals surface area contributed by atoms with Crippen molar-refractivity contribution >= 4 is 29.4 Å². The lowest BCUT2D eigenvalue weighted by Crippen LogP contribution is -2.24. The first-order valence-electron chi connectivity index (χ1n) is 8.82. The molecule has 1 unspecified atom stereocenters. The number of benzene rings is 2. The molecular weight excluding hydrogens is 400 g/mol. The van der Waals surface area contributed by atoms with Crippen LogP contribution in [0.15, 0.2) is 36.1 Å². The zero-order chi connectivity index (χ0) is 20.5. The number of halogens is 1. The first kappa shape index (κ1) is 19.3. The van der Waals surface area contributed by atoms with Crippen molar-refractivity contribution < 1.29 is 33.3 Å². The van der Waals surface area contributed by atoms with Crippen LogP contribution in [0.25, 0.3) is 6.08 Å². The van der Waals surface area contributed by atoms with Crippen LogP contribution in [0.1, 0.15) is 28.4 Å². The molecular formula is C21H17ClO7. The highest BCUT2D eigenvalue weighted by Gasteiger charge is 2.29. The number of Topliss-reactive ketones (excluding diaryl/α,β-unsaturated/α-hetero) is 1. The van der Waals surface area contributed by atoms with Crippen LogP contribution < -0.4 is 14.2 Å². The standard InChI is InChI=1S/C21H17ClO7/c1-11(21(24)25-2)28-15-3-4-16-17(8-15)29-18(19(16)23)7-12-5-14(22)6-13-9-26-10-27-20(12)13/h3-8,11H,9-10H2,1-2H3. The molecule has 2 heterocycles. The van der Waals surface area contributed by atoms with E-state index >= 15 is 0 Å². The highest BCUT2D eigenvalue weighted by molar-refractivity contribution is 6.31. The van der Waals surface area contributed by atoms with E-state index in [4.69, 9.17) is 30.5 Å². The summed E-state index contributed by atoms with van der Waals surface area (Å²) in [4.78, 5) is 24.3. The molecule has 7 nitrogen and oxygen atoms in total. The lowest BCUT2D eigenvalue weighted by molar-refractivity contribution is -0.147. The van der Waals surface area contributed by atoms with Gasteiger partial charge in [-0.05, 0) is 37.3 Å². The summed E-state index contributed by atoms with van der Waals surface area (Å²) >= 11 is 6.18. The second kappa shape index (κ2) is 7.77. The van der Waals surface area contributed by atoms with E-state index < -0.39 is 12.1 Å². The van der Waals surface area contributed by atoms with Crippen LogP contribution in [0, 0.1) is 0 Å². The summed E-state index contributed by atoms with van der Waals surface area (Å²) in [5, 5.41) is 0.500. The van der Waals surface area contributed by atoms with E-state index in [2.05, 4.69) is 4.74 Å². The molecule has 2 aliphatic rings. The summed E-state index contributed by atoms with van der Waals surface area (Å²) in [6.07, 6.45) is 0.804. The van der Waals surface area contributed by atoms with Crippen LogP contribution in [-0.2, 0) is 20.9 Å². The van der Waals surface area contributed by atoms with Crippen molar-refractivity contribution in [1.29, 1.82) is 0 Å². The molecule has 1 atom stereocenters. The Bertz CT molecular complexity index is 1030. The predicted molar refractivity (Wildman–Crippen MR) is 103 cm³/mol. The van der Waals surface area contributed by atoms with E-state index in [0.717, 1.165) is 5.56 Å². The minimum absolute atomic E-state index is 0.124. The van der Waals surface area contributed by atoms with Crippen molar-refractivity contribution in [3.63, 3.8) is 0 Å². The Hall–Kier alpha value is -3.03. The number of hydrogen-bond donors (Lipinski definition) is 0. The minimum atomic E-state index is -0.789. The van der Waals surface area contributed by atoms with Crippen LogP contribution in [0.3, 0.4) is 0 Å². The van der Waals surface area contributed by atoms with Crippen molar-refractivity contribution in [2.75, 3.05) is 13.9 Å². The Kier molecular flexibility index (Phi) is 5.17. The number of carbonyl (C=O) groups is 2. The highest BCUT2D eigenvalue weighted by atomic mass is 35.5. The van der Waals surface area contributed by atoms with E-state index in [-0.39, 0.29) is 18.3 Å². The van der Waals surface area contributed by atoms with Gasteiger partial charge >= 0.3 is 5.97 Å². The van der Waals surface area contributed by atoms with Gasteiger partial charge in [0.2, 0.25) is 5.78 Å². The number of fused-ring (bicyclic) bond motifs is 2. The summed E-state index contributed by atoms with van der Waals surface area (Å²) in [7, 11) is 1.29. The van der Waals surface area contributed by atoms with Crippen LogP contribution in [-0.4, -0.2) is 31.8 Å². The van der Waals surface area contributed by atoms with Gasteiger partial charge in [-0.25, -0.2) is 4.79 Å². The molecule has 4 rings (SSSR count). The molecule has 0 bridgehead atoms. The summed E-state index contributed by atoms with van der Waals surface area (Å²) in [5.41, 5.74) is 1.82. The quantitative estimate of drug-likeness (QED) is 0.554. The molecule has 0 saturated heterocycles. The molecule has 29 heavy (non-hydrogen) atoms. The Morgan fingerprint density at radius 1 is 1.28 bits per heavy atom. The van der Waals surface area contributed by atoms with E-state index in [0.29, 0.717) is 40.0 Å². The number of ether oxygens (including phenoxy) is 5. The van der Waals surface area contributed by atoms with Gasteiger partial charge in [0.05, 0.1) is 19.3 Å². The molecule has 0 aromatic heterocycles. The Morgan fingerprint density at radius 3 is 2.90 bits per heavy atom. The second-order valence-electron chi connectivity index (χ2n) is 6.47. The van der Waals surface area contributed by atoms with Crippen molar-refractivity contribution in [2.45, 2.75) is 19.6 Å². The highest BCUT2D eigenvalue weighted by Crippen LogP contribution is 2.38. The molecule has 0 N–H and O–H groups in total. The van der Waals surface area contributed by atoms with Gasteiger partial charge in [-0.2, -0.15) is 0 Å². The fraction of sp³-hybridized carbons (Fsp3) is 0.238. The minimum Gasteiger partial charge on any atom is -0.479 e. The van der Waals surface area contributed by atoms with Crippen LogP contribution in [0.4, 0.5) is 0 Å². The Morgan fingerprint density at radius 2 is 2.10 bits per heavy atom. The SMILES string of the molecule is COC(=O)C(C)Oc1ccc2c(c1)OC(=Cc1cc(Cl)cc3c1OCOC3)C2=O. The lowest BCUT2D eigenvalue weighted by Gasteiger charge is -2.20. The number of methoxy groups -OCH3 is 1. The molecule has 150 valence electrons. The zero-order valence-electron chi connectivity index (χ0n) is 15.7. The molecule has 2 aromatic rings. The van der Waals surface area contributed by atoms with Gasteiger partial charge in [0.25, 0.3) is 0 Å². The third-order valence-corrected chi connectivity index (χ3v) is 4.70. The summed E-state index contributed by atoms with van der Waals surface area (Å²) in [6, 6.07) is 8.21. The van der Waals surface area contributed by atoms with E-state index in [9.17, 15) is 9.59 Å². The first-order chi connectivity index (χ1) is 14.0. The number of ketones is 1. The van der Waals surface area contributed by atoms with Gasteiger partial charge in [0, 0.05) is 22.2 Å². The zero-order valence-corrected chi connectivity index (χ0v) is 16.4. The van der Waals surface area contributed by atoms with Gasteiger partial charge in [0.1, 0.15) is 17.2 Å². The summed E-state index contributed by atoms with van der Waals surface area (Å²) in [6.45, 7) is 2.07. The van der Waals surface area contributed by atoms with E-state index in [1.165, 1.54) is 7.11 Å². The van der Waals surface area contributed by atoms with Crippen molar-refractivity contribution in [3.8, 4) is 17.2 Å². The summed E-state index contributed by atoms with van der Waals surface area (Å²) in [5.74, 6) is 0.701. The molecule has 0 amide bonds. The predicted octanol–water partition coefficient (Wildman–Crippen LogP) is 3.76. The van der Waals surface area contributed by atoms with Crippen molar-refractivity contribution in [1.82, 2.24) is 0 Å². The average Bonchev–Trinajstić information content (AvgIpc) is 3.02. The molecule has 0 aliphatic carbocycles. The second-order valence-corrected chi connectivity index (χ2v) is 6.91. The molecule has 2 aromatic carbocycles. The monoisotopic (exact) mass is 416 g/mol. The molecule has 0 spiro atoms. The van der Waals surface area contributed by atoms with Crippen molar-refractivity contribution in [3.05, 3.63) is 57.8 Å². The Balaban J connectivity index is 1.62. The topological polar surface area (TPSA) is 80.3 Å². The maximum Gasteiger partial charge on any atom is 0.346 e. The molecule has 0 fully saturated rings. The number of esters is 1. The molecule has 2 aliphatic heterocycles. The summed E-state index contributed by atoms with van der Waals surface area (Å²) < 4.78 is 26.8. The van der Waals surface area contributed by atoms with Crippen molar-refractivity contribution in [2.24, 2.45) is 0 Å². The maximum absolute atomic E-state index is 12.7. The van der Waals surface area contributed by atoms with Gasteiger partial charge < -0.3 is 23.7 Å². The van der Waals surface area contributed by atoms with Crippen LogP contribution >= 0.6 is 11.6 Å². The smallest absolute Gasteiger partial charge is 0.346 e. The number of hydrogen-bond acceptors (Lipinski definition) is 7. The third kappa shape index (κ3) is 3.79. The largest absolute Gasteiger partial charge is 0.479 e. The fourth-order valence-corrected chi connectivity index (χ4v) is 3.37. The van der Waals surface area contributed by atoms with Gasteiger partial charge in [-0.1, -0.05) is 11.6 Å². The van der Waals surface area contributed by atoms with E-state index in [1.807, 2.05) is 0 Å². The maximum atomic E-state index is 12.7. The number of carbonyl (C=O) groups excluding carboxylic acids is 2. The van der Waals surface area contributed by atoms with Crippen LogP contribution in [0.5, 0.6) is 17.2 Å². The fourth-order valence-electron chi connectivity index (χ4n) is 3.12.